The number of carbonyl (C=O) groups is 1. The lowest BCUT2D eigenvalue weighted by Crippen LogP contribution is -1.90. The highest BCUT2D eigenvalue weighted by Crippen LogP contribution is 2.17. The van der Waals surface area contributed by atoms with Crippen molar-refractivity contribution in [1.82, 2.24) is 9.97 Å². The number of fused-ring (bicyclic) bond motifs is 1. The number of para-hydroxylation sites is 1. The van der Waals surface area contributed by atoms with Crippen LogP contribution in [0.1, 0.15) is 20.4 Å². The highest BCUT2D eigenvalue weighted by Gasteiger charge is 2.04. The number of carbonyl (C=O) groups excluding carboxylic acids is 1. The number of hydrogen-bond acceptors (Lipinski definition) is 4. The summed E-state index contributed by atoms with van der Waals surface area (Å²) in [6.07, 6.45) is 3.24. The molecule has 88 valence electrons. The molecule has 3 aromatic rings. The standard InChI is InChI=1S/C14H10N2OS/c17-9-14-15-8-12(18-14)7-11-6-5-10-3-1-2-4-13(10)16-11/h1-6,8-9H,7H2. The largest absolute Gasteiger partial charge is 0.295 e. The maximum Gasteiger partial charge on any atom is 0.178 e. The number of pyridine rings is 1. The second-order valence-corrected chi connectivity index (χ2v) is 5.10. The maximum atomic E-state index is 10.6. The first-order valence-corrected chi connectivity index (χ1v) is 6.41. The fraction of sp³-hybridized carbons (Fsp3) is 0.0714. The second kappa shape index (κ2) is 4.66. The molecule has 0 amide bonds. The van der Waals surface area contributed by atoms with Gasteiger partial charge in [0.1, 0.15) is 0 Å². The lowest BCUT2D eigenvalue weighted by atomic mass is 10.2. The molecule has 0 fully saturated rings. The quantitative estimate of drug-likeness (QED) is 0.674. The SMILES string of the molecule is O=Cc1ncc(Cc2ccc3ccccc3n2)s1. The Kier molecular flexibility index (Phi) is 2.86. The van der Waals surface area contributed by atoms with Crippen LogP contribution in [0.2, 0.25) is 0 Å². The predicted octanol–water partition coefficient (Wildman–Crippen LogP) is 3.09. The Hall–Kier alpha value is -2.07. The Bertz CT molecular complexity index is 706. The number of hydrogen-bond donors (Lipinski definition) is 0. The molecule has 0 aliphatic carbocycles. The van der Waals surface area contributed by atoms with Gasteiger partial charge in [0.15, 0.2) is 11.3 Å². The summed E-state index contributed by atoms with van der Waals surface area (Å²) in [5.41, 5.74) is 1.99. The van der Waals surface area contributed by atoms with Gasteiger partial charge in [-0.1, -0.05) is 24.3 Å². The predicted molar refractivity (Wildman–Crippen MR) is 72.1 cm³/mol. The number of nitrogens with zero attached hydrogens (tertiary/aromatic N) is 2. The first-order chi connectivity index (χ1) is 8.85. The van der Waals surface area contributed by atoms with Crippen molar-refractivity contribution < 1.29 is 4.79 Å². The van der Waals surface area contributed by atoms with Gasteiger partial charge in [-0.25, -0.2) is 4.98 Å². The number of aldehydes is 1. The Morgan fingerprint density at radius 3 is 2.89 bits per heavy atom. The Morgan fingerprint density at radius 1 is 1.17 bits per heavy atom. The van der Waals surface area contributed by atoms with Crippen LogP contribution in [0.5, 0.6) is 0 Å². The molecule has 4 heteroatoms. The normalized spacial score (nSPS) is 10.7. The lowest BCUT2D eigenvalue weighted by Gasteiger charge is -2.00. The van der Waals surface area contributed by atoms with Crippen molar-refractivity contribution in [2.24, 2.45) is 0 Å². The first-order valence-electron chi connectivity index (χ1n) is 5.60. The van der Waals surface area contributed by atoms with E-state index in [4.69, 9.17) is 0 Å². The molecule has 0 aliphatic heterocycles. The van der Waals surface area contributed by atoms with E-state index in [9.17, 15) is 4.79 Å². The average molecular weight is 254 g/mol. The van der Waals surface area contributed by atoms with Gasteiger partial charge < -0.3 is 0 Å². The van der Waals surface area contributed by atoms with Crippen LogP contribution in [-0.4, -0.2) is 16.3 Å². The fourth-order valence-corrected chi connectivity index (χ4v) is 2.59. The van der Waals surface area contributed by atoms with E-state index in [0.717, 1.165) is 34.2 Å². The van der Waals surface area contributed by atoms with Gasteiger partial charge in [0.2, 0.25) is 0 Å². The summed E-state index contributed by atoms with van der Waals surface area (Å²) in [5, 5.41) is 1.66. The molecule has 18 heavy (non-hydrogen) atoms. The molecule has 0 aliphatic rings. The first kappa shape index (κ1) is 11.0. The smallest absolute Gasteiger partial charge is 0.178 e. The van der Waals surface area contributed by atoms with Gasteiger partial charge in [-0.3, -0.25) is 9.78 Å². The van der Waals surface area contributed by atoms with Crippen LogP contribution in [0.15, 0.2) is 42.6 Å². The van der Waals surface area contributed by atoms with Crippen molar-refractivity contribution in [3.63, 3.8) is 0 Å². The summed E-state index contributed by atoms with van der Waals surface area (Å²) in [7, 11) is 0. The number of aromatic nitrogens is 2. The Balaban J connectivity index is 1.92. The molecular formula is C14H10N2OS. The summed E-state index contributed by atoms with van der Waals surface area (Å²) in [6.45, 7) is 0. The van der Waals surface area contributed by atoms with Crippen molar-refractivity contribution in [1.29, 1.82) is 0 Å². The van der Waals surface area contributed by atoms with E-state index in [0.29, 0.717) is 5.01 Å². The molecule has 0 spiro atoms. The molecule has 0 saturated heterocycles. The zero-order valence-corrected chi connectivity index (χ0v) is 10.4. The Morgan fingerprint density at radius 2 is 2.06 bits per heavy atom. The molecule has 0 saturated carbocycles. The lowest BCUT2D eigenvalue weighted by molar-refractivity contribution is 0.112. The molecule has 0 unspecified atom stereocenters. The van der Waals surface area contributed by atoms with Crippen LogP contribution < -0.4 is 0 Å². The van der Waals surface area contributed by atoms with Crippen LogP contribution in [0.25, 0.3) is 10.9 Å². The van der Waals surface area contributed by atoms with Gasteiger partial charge in [0.05, 0.1) is 5.52 Å². The summed E-state index contributed by atoms with van der Waals surface area (Å²) in [6, 6.07) is 12.1. The number of benzene rings is 1. The molecule has 2 heterocycles. The minimum atomic E-state index is 0.519. The zero-order chi connectivity index (χ0) is 12.4. The van der Waals surface area contributed by atoms with Crippen molar-refractivity contribution in [3.8, 4) is 0 Å². The number of thiazole rings is 1. The number of rotatable bonds is 3. The summed E-state index contributed by atoms with van der Waals surface area (Å²) < 4.78 is 0. The molecule has 0 N–H and O–H groups in total. The van der Waals surface area contributed by atoms with Crippen molar-refractivity contribution >= 4 is 28.5 Å². The molecule has 3 rings (SSSR count). The van der Waals surface area contributed by atoms with Crippen LogP contribution in [0, 0.1) is 0 Å². The van der Waals surface area contributed by atoms with E-state index in [2.05, 4.69) is 16.0 Å². The minimum Gasteiger partial charge on any atom is -0.295 e. The van der Waals surface area contributed by atoms with Crippen LogP contribution >= 0.6 is 11.3 Å². The topological polar surface area (TPSA) is 42.9 Å². The van der Waals surface area contributed by atoms with E-state index in [-0.39, 0.29) is 0 Å². The monoisotopic (exact) mass is 254 g/mol. The van der Waals surface area contributed by atoms with Crippen molar-refractivity contribution in [2.45, 2.75) is 6.42 Å². The van der Waals surface area contributed by atoms with Crippen molar-refractivity contribution in [2.75, 3.05) is 0 Å². The van der Waals surface area contributed by atoms with Crippen LogP contribution in [-0.2, 0) is 6.42 Å². The summed E-state index contributed by atoms with van der Waals surface area (Å²) >= 11 is 1.41. The van der Waals surface area contributed by atoms with Gasteiger partial charge in [0, 0.05) is 28.6 Å². The molecule has 0 radical (unpaired) electrons. The fourth-order valence-electron chi connectivity index (χ4n) is 1.84. The van der Waals surface area contributed by atoms with E-state index in [1.807, 2.05) is 30.3 Å². The third-order valence-corrected chi connectivity index (χ3v) is 3.61. The molecule has 3 nitrogen and oxygen atoms in total. The second-order valence-electron chi connectivity index (χ2n) is 3.95. The van der Waals surface area contributed by atoms with Gasteiger partial charge >= 0.3 is 0 Å². The highest BCUT2D eigenvalue weighted by molar-refractivity contribution is 7.13. The maximum absolute atomic E-state index is 10.6. The third-order valence-electron chi connectivity index (χ3n) is 2.68. The van der Waals surface area contributed by atoms with E-state index < -0.39 is 0 Å². The molecule has 0 bridgehead atoms. The highest BCUT2D eigenvalue weighted by atomic mass is 32.1. The van der Waals surface area contributed by atoms with Gasteiger partial charge in [0.25, 0.3) is 0 Å². The third kappa shape index (κ3) is 2.15. The van der Waals surface area contributed by atoms with E-state index in [1.165, 1.54) is 11.3 Å². The molecular weight excluding hydrogens is 244 g/mol. The summed E-state index contributed by atoms with van der Waals surface area (Å²) in [4.78, 5) is 20.2. The summed E-state index contributed by atoms with van der Waals surface area (Å²) in [5.74, 6) is 0. The van der Waals surface area contributed by atoms with Crippen LogP contribution in [0.3, 0.4) is 0 Å². The van der Waals surface area contributed by atoms with Crippen molar-refractivity contribution in [3.05, 3.63) is 58.2 Å². The van der Waals surface area contributed by atoms with E-state index >= 15 is 0 Å². The van der Waals surface area contributed by atoms with Crippen LogP contribution in [0.4, 0.5) is 0 Å². The molecule has 2 aromatic heterocycles. The zero-order valence-electron chi connectivity index (χ0n) is 9.54. The van der Waals surface area contributed by atoms with Gasteiger partial charge in [-0.2, -0.15) is 0 Å². The molecule has 1 aromatic carbocycles. The van der Waals surface area contributed by atoms with Gasteiger partial charge in [-0.15, -0.1) is 11.3 Å². The average Bonchev–Trinajstić information content (AvgIpc) is 2.86. The van der Waals surface area contributed by atoms with E-state index in [1.54, 1.807) is 6.20 Å². The van der Waals surface area contributed by atoms with Gasteiger partial charge in [-0.05, 0) is 12.1 Å². The Labute approximate surface area is 108 Å². The minimum absolute atomic E-state index is 0.519. The molecule has 0 atom stereocenters.